The molecule has 4 rings (SSSR count). The summed E-state index contributed by atoms with van der Waals surface area (Å²) in [6.45, 7) is 5.02. The van der Waals surface area contributed by atoms with Gasteiger partial charge in [-0.3, -0.25) is 0 Å². The highest BCUT2D eigenvalue weighted by atomic mass is 79.9. The molecule has 0 radical (unpaired) electrons. The van der Waals surface area contributed by atoms with E-state index in [1.54, 1.807) is 0 Å². The molecule has 0 unspecified atom stereocenters. The van der Waals surface area contributed by atoms with Crippen LogP contribution in [0.4, 0.5) is 0 Å². The molecule has 0 N–H and O–H groups in total. The number of rotatable bonds is 5. The molecule has 0 aromatic heterocycles. The number of hydrogen-bond donors (Lipinski definition) is 0. The maximum absolute atomic E-state index is 6.30. The fourth-order valence-corrected chi connectivity index (χ4v) is 5.20. The third-order valence-electron chi connectivity index (χ3n) is 4.85. The van der Waals surface area contributed by atoms with Crippen LogP contribution in [-0.2, 0) is 0 Å². The zero-order chi connectivity index (χ0) is 21.4. The summed E-state index contributed by atoms with van der Waals surface area (Å²) < 4.78 is 14.0. The second-order valence-corrected chi connectivity index (χ2v) is 9.30. The highest BCUT2D eigenvalue weighted by molar-refractivity contribution is 9.11. The molecule has 0 heterocycles. The molecule has 0 aliphatic carbocycles. The van der Waals surface area contributed by atoms with Gasteiger partial charge in [0.2, 0.25) is 0 Å². The molecule has 2 nitrogen and oxygen atoms in total. The zero-order valence-corrected chi connectivity index (χ0v) is 21.0. The molecule has 0 aliphatic heterocycles. The third-order valence-corrected chi connectivity index (χ3v) is 6.49. The van der Waals surface area contributed by atoms with E-state index in [9.17, 15) is 0 Å². The molecule has 154 valence electrons. The zero-order valence-electron chi connectivity index (χ0n) is 16.4. The Hall–Kier alpha value is -1.46. The second kappa shape index (κ2) is 8.96. The highest BCUT2D eigenvalue weighted by Gasteiger charge is 2.23. The number of ether oxygens (including phenoxy) is 2. The number of hydrogen-bond acceptors (Lipinski definition) is 2. The lowest BCUT2D eigenvalue weighted by Gasteiger charge is -2.21. The van der Waals surface area contributed by atoms with E-state index in [4.69, 9.17) is 32.7 Å². The van der Waals surface area contributed by atoms with E-state index in [1.165, 1.54) is 0 Å². The quantitative estimate of drug-likeness (QED) is 0.239. The largest absolute Gasteiger partial charge is 0.492 e. The third kappa shape index (κ3) is 3.91. The SMILES string of the molecule is CCOc1c(Br)cc2cc(Cl)ccc2c1-c1c(OCC)c(Br)cc2cc(Cl)ccc12. The number of halogens is 4. The summed E-state index contributed by atoms with van der Waals surface area (Å²) in [6.07, 6.45) is 0. The van der Waals surface area contributed by atoms with E-state index in [-0.39, 0.29) is 0 Å². The highest BCUT2D eigenvalue weighted by Crippen LogP contribution is 2.51. The number of fused-ring (bicyclic) bond motifs is 2. The van der Waals surface area contributed by atoms with Gasteiger partial charge < -0.3 is 9.47 Å². The Kier molecular flexibility index (Phi) is 6.50. The van der Waals surface area contributed by atoms with Gasteiger partial charge in [0.1, 0.15) is 11.5 Å². The monoisotopic (exact) mass is 566 g/mol. The Bertz CT molecular complexity index is 1170. The molecule has 0 saturated heterocycles. The fourth-order valence-electron chi connectivity index (χ4n) is 3.72. The van der Waals surface area contributed by atoms with Crippen molar-refractivity contribution in [2.45, 2.75) is 13.8 Å². The van der Waals surface area contributed by atoms with Crippen LogP contribution in [0.3, 0.4) is 0 Å². The maximum atomic E-state index is 6.30. The van der Waals surface area contributed by atoms with Crippen molar-refractivity contribution in [3.8, 4) is 22.6 Å². The molecule has 6 heteroatoms. The van der Waals surface area contributed by atoms with E-state index < -0.39 is 0 Å². The fraction of sp³-hybridized carbons (Fsp3) is 0.167. The first kappa shape index (κ1) is 21.8. The van der Waals surface area contributed by atoms with Crippen LogP contribution >= 0.6 is 55.1 Å². The molecule has 30 heavy (non-hydrogen) atoms. The molecule has 0 bridgehead atoms. The Morgan fingerprint density at radius 3 is 1.43 bits per heavy atom. The predicted octanol–water partition coefficient (Wildman–Crippen LogP) is 9.29. The van der Waals surface area contributed by atoms with Gasteiger partial charge in [-0.1, -0.05) is 35.3 Å². The van der Waals surface area contributed by atoms with Crippen molar-refractivity contribution < 1.29 is 9.47 Å². The average Bonchev–Trinajstić information content (AvgIpc) is 2.70. The van der Waals surface area contributed by atoms with Gasteiger partial charge in [-0.25, -0.2) is 0 Å². The van der Waals surface area contributed by atoms with Crippen LogP contribution in [0.5, 0.6) is 11.5 Å². The van der Waals surface area contributed by atoms with Crippen molar-refractivity contribution in [2.24, 2.45) is 0 Å². The Morgan fingerprint density at radius 1 is 0.667 bits per heavy atom. The molecule has 0 aliphatic rings. The minimum absolute atomic E-state index is 0.534. The van der Waals surface area contributed by atoms with E-state index in [0.29, 0.717) is 23.3 Å². The Labute approximate surface area is 202 Å². The minimum atomic E-state index is 0.534. The lowest BCUT2D eigenvalue weighted by atomic mass is 9.92. The van der Waals surface area contributed by atoms with Crippen LogP contribution in [0.25, 0.3) is 32.7 Å². The van der Waals surface area contributed by atoms with Crippen molar-refractivity contribution in [3.05, 3.63) is 67.5 Å². The molecule has 0 spiro atoms. The van der Waals surface area contributed by atoms with E-state index in [0.717, 1.165) is 53.1 Å². The maximum Gasteiger partial charge on any atom is 0.142 e. The molecule has 0 amide bonds. The van der Waals surface area contributed by atoms with Gasteiger partial charge in [-0.2, -0.15) is 0 Å². The van der Waals surface area contributed by atoms with Crippen molar-refractivity contribution >= 4 is 76.6 Å². The summed E-state index contributed by atoms with van der Waals surface area (Å²) in [5.41, 5.74) is 1.91. The van der Waals surface area contributed by atoms with Crippen LogP contribution in [-0.4, -0.2) is 13.2 Å². The lowest BCUT2D eigenvalue weighted by molar-refractivity contribution is 0.335. The van der Waals surface area contributed by atoms with Gasteiger partial charge in [-0.05, 0) is 104 Å². The molecular formula is C24H18Br2Cl2O2. The molecule has 4 aromatic carbocycles. The second-order valence-electron chi connectivity index (χ2n) is 6.72. The van der Waals surface area contributed by atoms with Crippen molar-refractivity contribution in [1.82, 2.24) is 0 Å². The van der Waals surface area contributed by atoms with Gasteiger partial charge in [0.05, 0.1) is 22.2 Å². The minimum Gasteiger partial charge on any atom is -0.492 e. The first-order valence-electron chi connectivity index (χ1n) is 9.54. The molecule has 0 saturated carbocycles. The van der Waals surface area contributed by atoms with Crippen molar-refractivity contribution in [1.29, 1.82) is 0 Å². The lowest BCUT2D eigenvalue weighted by Crippen LogP contribution is -2.01. The van der Waals surface area contributed by atoms with Crippen LogP contribution < -0.4 is 9.47 Å². The van der Waals surface area contributed by atoms with Crippen molar-refractivity contribution in [3.63, 3.8) is 0 Å². The van der Waals surface area contributed by atoms with Gasteiger partial charge in [-0.15, -0.1) is 0 Å². The first-order valence-corrected chi connectivity index (χ1v) is 11.9. The van der Waals surface area contributed by atoms with Gasteiger partial charge in [0, 0.05) is 21.2 Å². The van der Waals surface area contributed by atoms with E-state index in [1.807, 2.05) is 62.4 Å². The normalized spacial score (nSPS) is 11.3. The molecular weight excluding hydrogens is 551 g/mol. The van der Waals surface area contributed by atoms with Crippen LogP contribution in [0.1, 0.15) is 13.8 Å². The summed E-state index contributed by atoms with van der Waals surface area (Å²) in [6, 6.07) is 15.8. The molecule has 0 fully saturated rings. The summed E-state index contributed by atoms with van der Waals surface area (Å²) >= 11 is 20.0. The van der Waals surface area contributed by atoms with Gasteiger partial charge >= 0.3 is 0 Å². The summed E-state index contributed by atoms with van der Waals surface area (Å²) in [7, 11) is 0. The predicted molar refractivity (Wildman–Crippen MR) is 135 cm³/mol. The average molecular weight is 569 g/mol. The van der Waals surface area contributed by atoms with Crippen LogP contribution in [0.2, 0.25) is 10.0 Å². The summed E-state index contributed by atoms with van der Waals surface area (Å²) in [5, 5.41) is 5.44. The van der Waals surface area contributed by atoms with Gasteiger partial charge in [0.25, 0.3) is 0 Å². The Balaban J connectivity index is 2.24. The summed E-state index contributed by atoms with van der Waals surface area (Å²) in [5.74, 6) is 1.53. The molecule has 4 aromatic rings. The van der Waals surface area contributed by atoms with E-state index in [2.05, 4.69) is 31.9 Å². The molecule has 0 atom stereocenters. The summed E-state index contributed by atoms with van der Waals surface area (Å²) in [4.78, 5) is 0. The Morgan fingerprint density at radius 2 is 1.07 bits per heavy atom. The van der Waals surface area contributed by atoms with Crippen molar-refractivity contribution in [2.75, 3.05) is 13.2 Å². The van der Waals surface area contributed by atoms with Gasteiger partial charge in [0.15, 0.2) is 0 Å². The standard InChI is InChI=1S/C24H18Br2Cl2O2/c1-3-29-23-19(25)11-13-9-15(27)5-7-17(13)21(23)22-18-8-6-16(28)10-14(18)12-20(26)24(22)30-4-2/h5-12H,3-4H2,1-2H3. The first-order chi connectivity index (χ1) is 14.4. The van der Waals surface area contributed by atoms with Crippen LogP contribution in [0, 0.1) is 0 Å². The number of benzene rings is 4. The topological polar surface area (TPSA) is 18.5 Å². The van der Waals surface area contributed by atoms with E-state index >= 15 is 0 Å². The van der Waals surface area contributed by atoms with Crippen LogP contribution in [0.15, 0.2) is 57.5 Å². The smallest absolute Gasteiger partial charge is 0.142 e.